The summed E-state index contributed by atoms with van der Waals surface area (Å²) in [7, 11) is 0. The van der Waals surface area contributed by atoms with E-state index >= 15 is 0 Å². The fraction of sp³-hybridized carbons (Fsp3) is 0.385. The number of nitrogens with one attached hydrogen (secondary N) is 2. The molecule has 1 aromatic carbocycles. The van der Waals surface area contributed by atoms with E-state index in [1.165, 1.54) is 0 Å². The summed E-state index contributed by atoms with van der Waals surface area (Å²) < 4.78 is 0. The van der Waals surface area contributed by atoms with Crippen LogP contribution in [0.25, 0.3) is 0 Å². The standard InChI is InChI=1S/C13H17N3O2/c1-8-3-2-4-10(12(8)14)13(18)15-7-11(17)16-9-5-6-9/h2-4,9H,5-7,14H2,1H3,(H,15,18)(H,16,17). The first-order valence-electron chi connectivity index (χ1n) is 6.00. The normalized spacial score (nSPS) is 14.1. The third-order valence-electron chi connectivity index (χ3n) is 2.92. The molecule has 0 saturated heterocycles. The Morgan fingerprint density at radius 2 is 2.11 bits per heavy atom. The van der Waals surface area contributed by atoms with Gasteiger partial charge in [-0.2, -0.15) is 0 Å². The molecule has 1 aromatic rings. The van der Waals surface area contributed by atoms with Crippen molar-refractivity contribution in [1.82, 2.24) is 10.6 Å². The average molecular weight is 247 g/mol. The number of hydrogen-bond acceptors (Lipinski definition) is 3. The summed E-state index contributed by atoms with van der Waals surface area (Å²) >= 11 is 0. The SMILES string of the molecule is Cc1cccc(C(=O)NCC(=O)NC2CC2)c1N. The molecule has 5 heteroatoms. The van der Waals surface area contributed by atoms with E-state index in [4.69, 9.17) is 5.73 Å². The van der Waals surface area contributed by atoms with Crippen LogP contribution in [0.1, 0.15) is 28.8 Å². The number of para-hydroxylation sites is 1. The number of aryl methyl sites for hydroxylation is 1. The summed E-state index contributed by atoms with van der Waals surface area (Å²) in [6.45, 7) is 1.83. The van der Waals surface area contributed by atoms with Crippen LogP contribution >= 0.6 is 0 Å². The van der Waals surface area contributed by atoms with Crippen LogP contribution < -0.4 is 16.4 Å². The highest BCUT2D eigenvalue weighted by molar-refractivity contribution is 6.01. The fourth-order valence-electron chi connectivity index (χ4n) is 1.64. The monoisotopic (exact) mass is 247 g/mol. The topological polar surface area (TPSA) is 84.2 Å². The van der Waals surface area contributed by atoms with Crippen LogP contribution in [0, 0.1) is 6.92 Å². The lowest BCUT2D eigenvalue weighted by atomic mass is 10.1. The number of rotatable bonds is 4. The van der Waals surface area contributed by atoms with Crippen LogP contribution in [0.2, 0.25) is 0 Å². The van der Waals surface area contributed by atoms with Crippen LogP contribution in [-0.2, 0) is 4.79 Å². The van der Waals surface area contributed by atoms with Crippen molar-refractivity contribution in [3.8, 4) is 0 Å². The van der Waals surface area contributed by atoms with Crippen molar-refractivity contribution >= 4 is 17.5 Å². The zero-order chi connectivity index (χ0) is 13.1. The Balaban J connectivity index is 1.90. The minimum absolute atomic E-state index is 0.0112. The minimum Gasteiger partial charge on any atom is -0.398 e. The first kappa shape index (κ1) is 12.4. The summed E-state index contributed by atoms with van der Waals surface area (Å²) in [6, 6.07) is 5.56. The number of anilines is 1. The number of benzene rings is 1. The second-order valence-corrected chi connectivity index (χ2v) is 4.56. The molecule has 0 heterocycles. The van der Waals surface area contributed by atoms with Crippen molar-refractivity contribution in [3.63, 3.8) is 0 Å². The smallest absolute Gasteiger partial charge is 0.253 e. The highest BCUT2D eigenvalue weighted by Gasteiger charge is 2.23. The second-order valence-electron chi connectivity index (χ2n) is 4.56. The minimum atomic E-state index is -0.317. The molecule has 18 heavy (non-hydrogen) atoms. The summed E-state index contributed by atoms with van der Waals surface area (Å²) in [5.74, 6) is -0.473. The Bertz CT molecular complexity index is 481. The Hall–Kier alpha value is -2.04. The predicted molar refractivity (Wildman–Crippen MR) is 69.1 cm³/mol. The maximum Gasteiger partial charge on any atom is 0.253 e. The molecule has 4 N–H and O–H groups in total. The number of nitrogen functional groups attached to an aromatic ring is 1. The van der Waals surface area contributed by atoms with E-state index in [1.807, 2.05) is 13.0 Å². The van der Waals surface area contributed by atoms with Gasteiger partial charge in [-0.15, -0.1) is 0 Å². The zero-order valence-electron chi connectivity index (χ0n) is 10.3. The molecule has 1 fully saturated rings. The van der Waals surface area contributed by atoms with Crippen molar-refractivity contribution in [2.45, 2.75) is 25.8 Å². The molecule has 96 valence electrons. The van der Waals surface area contributed by atoms with Crippen molar-refractivity contribution in [2.75, 3.05) is 12.3 Å². The van der Waals surface area contributed by atoms with Crippen molar-refractivity contribution < 1.29 is 9.59 Å². The average Bonchev–Trinajstić information content (AvgIpc) is 3.13. The van der Waals surface area contributed by atoms with Gasteiger partial charge in [0.1, 0.15) is 0 Å². The van der Waals surface area contributed by atoms with Gasteiger partial charge < -0.3 is 16.4 Å². The highest BCUT2D eigenvalue weighted by Crippen LogP contribution is 2.18. The van der Waals surface area contributed by atoms with Gasteiger partial charge in [-0.25, -0.2) is 0 Å². The Labute approximate surface area is 106 Å². The molecule has 0 spiro atoms. The van der Waals surface area contributed by atoms with Gasteiger partial charge in [0.2, 0.25) is 5.91 Å². The van der Waals surface area contributed by atoms with Crippen molar-refractivity contribution in [1.29, 1.82) is 0 Å². The Morgan fingerprint density at radius 1 is 1.39 bits per heavy atom. The molecule has 1 aliphatic rings. The maximum atomic E-state index is 11.9. The maximum absolute atomic E-state index is 11.9. The number of carbonyl (C=O) groups excluding carboxylic acids is 2. The van der Waals surface area contributed by atoms with Crippen LogP contribution in [0.4, 0.5) is 5.69 Å². The van der Waals surface area contributed by atoms with E-state index in [9.17, 15) is 9.59 Å². The van der Waals surface area contributed by atoms with Gasteiger partial charge in [0.25, 0.3) is 5.91 Å². The molecule has 1 saturated carbocycles. The largest absolute Gasteiger partial charge is 0.398 e. The molecule has 0 aliphatic heterocycles. The lowest BCUT2D eigenvalue weighted by Gasteiger charge is -2.09. The molecule has 5 nitrogen and oxygen atoms in total. The van der Waals surface area contributed by atoms with Gasteiger partial charge in [-0.3, -0.25) is 9.59 Å². The van der Waals surface area contributed by atoms with Gasteiger partial charge in [0.15, 0.2) is 0 Å². The van der Waals surface area contributed by atoms with Crippen LogP contribution in [0.3, 0.4) is 0 Å². The van der Waals surface area contributed by atoms with Crippen LogP contribution in [-0.4, -0.2) is 24.4 Å². The fourth-order valence-corrected chi connectivity index (χ4v) is 1.64. The summed E-state index contributed by atoms with van der Waals surface area (Å²) in [4.78, 5) is 23.3. The highest BCUT2D eigenvalue weighted by atomic mass is 16.2. The van der Waals surface area contributed by atoms with Gasteiger partial charge in [0, 0.05) is 11.7 Å². The molecule has 2 amide bonds. The lowest BCUT2D eigenvalue weighted by Crippen LogP contribution is -2.38. The van der Waals surface area contributed by atoms with Gasteiger partial charge in [-0.05, 0) is 31.4 Å². The number of carbonyl (C=O) groups is 2. The van der Waals surface area contributed by atoms with E-state index in [0.717, 1.165) is 18.4 Å². The molecule has 1 aliphatic carbocycles. The summed E-state index contributed by atoms with van der Waals surface area (Å²) in [5, 5.41) is 5.37. The van der Waals surface area contributed by atoms with E-state index in [1.54, 1.807) is 12.1 Å². The molecule has 0 atom stereocenters. The first-order chi connectivity index (χ1) is 8.58. The molecule has 0 unspecified atom stereocenters. The van der Waals surface area contributed by atoms with Gasteiger partial charge in [-0.1, -0.05) is 12.1 Å². The van der Waals surface area contributed by atoms with E-state index in [0.29, 0.717) is 17.3 Å². The summed E-state index contributed by atoms with van der Waals surface area (Å²) in [5.41, 5.74) is 7.54. The molecule has 0 bridgehead atoms. The Kier molecular flexibility index (Phi) is 3.50. The molecular formula is C13H17N3O2. The van der Waals surface area contributed by atoms with E-state index in [2.05, 4.69) is 10.6 Å². The first-order valence-corrected chi connectivity index (χ1v) is 6.00. The van der Waals surface area contributed by atoms with Crippen LogP contribution in [0.5, 0.6) is 0 Å². The van der Waals surface area contributed by atoms with Crippen molar-refractivity contribution in [3.05, 3.63) is 29.3 Å². The number of nitrogens with two attached hydrogens (primary N) is 1. The number of hydrogen-bond donors (Lipinski definition) is 3. The molecule has 0 radical (unpaired) electrons. The second kappa shape index (κ2) is 5.08. The predicted octanol–water partition coefficient (Wildman–Crippen LogP) is 0.586. The quantitative estimate of drug-likeness (QED) is 0.681. The zero-order valence-corrected chi connectivity index (χ0v) is 10.3. The van der Waals surface area contributed by atoms with Crippen molar-refractivity contribution in [2.24, 2.45) is 0 Å². The number of amides is 2. The van der Waals surface area contributed by atoms with Gasteiger partial charge in [0.05, 0.1) is 12.1 Å². The molecular weight excluding hydrogens is 230 g/mol. The van der Waals surface area contributed by atoms with Crippen LogP contribution in [0.15, 0.2) is 18.2 Å². The van der Waals surface area contributed by atoms with Gasteiger partial charge >= 0.3 is 0 Å². The lowest BCUT2D eigenvalue weighted by molar-refractivity contribution is -0.120. The van der Waals surface area contributed by atoms with E-state index < -0.39 is 0 Å². The molecule has 0 aromatic heterocycles. The summed E-state index contributed by atoms with van der Waals surface area (Å²) in [6.07, 6.45) is 2.06. The van der Waals surface area contributed by atoms with E-state index in [-0.39, 0.29) is 18.4 Å². The molecule has 2 rings (SSSR count). The third kappa shape index (κ3) is 3.00. The Morgan fingerprint density at radius 3 is 2.78 bits per heavy atom. The third-order valence-corrected chi connectivity index (χ3v) is 2.92.